The molecule has 0 aromatic carbocycles. The zero-order valence-electron chi connectivity index (χ0n) is 8.61. The van der Waals surface area contributed by atoms with Crippen LogP contribution in [0.5, 0.6) is 0 Å². The van der Waals surface area contributed by atoms with Crippen LogP contribution in [0.4, 0.5) is 0 Å². The molecule has 0 aromatic rings. The molecular weight excluding hydrogens is 200 g/mol. The summed E-state index contributed by atoms with van der Waals surface area (Å²) in [6, 6.07) is 0. The highest BCUT2D eigenvalue weighted by atomic mass is 32.2. The normalized spacial score (nSPS) is 20.4. The van der Waals surface area contributed by atoms with Crippen molar-refractivity contribution in [2.75, 3.05) is 0 Å². The minimum Gasteiger partial charge on any atom is -0.263 e. The molecule has 1 fully saturated rings. The summed E-state index contributed by atoms with van der Waals surface area (Å²) in [6.45, 7) is 1.90. The maximum atomic E-state index is 11.3. The van der Waals surface area contributed by atoms with E-state index >= 15 is 0 Å². The monoisotopic (exact) mass is 218 g/mol. The van der Waals surface area contributed by atoms with E-state index in [1.165, 1.54) is 11.8 Å². The van der Waals surface area contributed by atoms with E-state index < -0.39 is 10.1 Å². The van der Waals surface area contributed by atoms with E-state index in [-0.39, 0.29) is 6.10 Å². The van der Waals surface area contributed by atoms with Gasteiger partial charge in [0.05, 0.1) is 11.5 Å². The smallest absolute Gasteiger partial charge is 0.263 e. The minimum atomic E-state index is -3.42. The average molecular weight is 218 g/mol. The summed E-state index contributed by atoms with van der Waals surface area (Å²) < 4.78 is 27.8. The summed E-state index contributed by atoms with van der Waals surface area (Å²) in [7, 11) is -3.42. The molecule has 0 bridgehead atoms. The Kier molecular flexibility index (Phi) is 4.62. The van der Waals surface area contributed by atoms with Gasteiger partial charge in [0.1, 0.15) is 0 Å². The molecule has 82 valence electrons. The lowest BCUT2D eigenvalue weighted by molar-refractivity contribution is 0.165. The average Bonchev–Trinajstić information content (AvgIpc) is 2.16. The van der Waals surface area contributed by atoms with Crippen LogP contribution in [-0.2, 0) is 14.3 Å². The van der Waals surface area contributed by atoms with Crippen LogP contribution >= 0.6 is 0 Å². The van der Waals surface area contributed by atoms with Gasteiger partial charge in [0.2, 0.25) is 0 Å². The van der Waals surface area contributed by atoms with Crippen molar-refractivity contribution < 1.29 is 12.6 Å². The molecule has 3 nitrogen and oxygen atoms in total. The van der Waals surface area contributed by atoms with E-state index in [1.807, 2.05) is 6.92 Å². The molecule has 0 heterocycles. The van der Waals surface area contributed by atoms with Crippen molar-refractivity contribution in [3.8, 4) is 0 Å². The largest absolute Gasteiger partial charge is 0.290 e. The number of rotatable bonds is 4. The number of hydrogen-bond donors (Lipinski definition) is 0. The van der Waals surface area contributed by atoms with Gasteiger partial charge in [-0.2, -0.15) is 8.42 Å². The van der Waals surface area contributed by atoms with E-state index in [0.717, 1.165) is 25.7 Å². The zero-order chi connectivity index (χ0) is 10.4. The summed E-state index contributed by atoms with van der Waals surface area (Å²) in [4.78, 5) is 0. The Morgan fingerprint density at radius 1 is 1.29 bits per heavy atom. The molecule has 0 aromatic heterocycles. The van der Waals surface area contributed by atoms with Gasteiger partial charge in [-0.3, -0.25) is 4.18 Å². The SMILES string of the molecule is CC/C=C/S(=O)(=O)OC1CCCCC1. The van der Waals surface area contributed by atoms with Crippen LogP contribution < -0.4 is 0 Å². The van der Waals surface area contributed by atoms with Crippen molar-refractivity contribution >= 4 is 10.1 Å². The Balaban J connectivity index is 2.45. The van der Waals surface area contributed by atoms with E-state index in [0.29, 0.717) is 6.42 Å². The maximum absolute atomic E-state index is 11.3. The molecule has 4 heteroatoms. The van der Waals surface area contributed by atoms with Crippen LogP contribution in [0.25, 0.3) is 0 Å². The fraction of sp³-hybridized carbons (Fsp3) is 0.800. The third-order valence-corrected chi connectivity index (χ3v) is 3.39. The van der Waals surface area contributed by atoms with E-state index in [1.54, 1.807) is 6.08 Å². The molecule has 0 aliphatic heterocycles. The molecule has 0 spiro atoms. The zero-order valence-corrected chi connectivity index (χ0v) is 9.42. The van der Waals surface area contributed by atoms with Crippen molar-refractivity contribution in [1.82, 2.24) is 0 Å². The number of hydrogen-bond acceptors (Lipinski definition) is 3. The van der Waals surface area contributed by atoms with Crippen molar-refractivity contribution in [3.63, 3.8) is 0 Å². The fourth-order valence-corrected chi connectivity index (χ4v) is 2.66. The molecule has 1 aliphatic rings. The second-order valence-corrected chi connectivity index (χ2v) is 5.08. The summed E-state index contributed by atoms with van der Waals surface area (Å²) in [5.74, 6) is 0. The topological polar surface area (TPSA) is 43.4 Å². The molecular formula is C10H18O3S. The maximum Gasteiger partial charge on any atom is 0.290 e. The Hall–Kier alpha value is -0.350. The van der Waals surface area contributed by atoms with Crippen LogP contribution in [0.2, 0.25) is 0 Å². The lowest BCUT2D eigenvalue weighted by atomic mass is 9.98. The minimum absolute atomic E-state index is 0.0877. The van der Waals surface area contributed by atoms with Gasteiger partial charge in [-0.1, -0.05) is 32.3 Å². The van der Waals surface area contributed by atoms with E-state index in [2.05, 4.69) is 0 Å². The molecule has 0 unspecified atom stereocenters. The molecule has 0 N–H and O–H groups in total. The highest BCUT2D eigenvalue weighted by Gasteiger charge is 2.19. The van der Waals surface area contributed by atoms with Crippen LogP contribution in [0.1, 0.15) is 45.4 Å². The van der Waals surface area contributed by atoms with Gasteiger partial charge in [-0.25, -0.2) is 0 Å². The molecule has 0 amide bonds. The molecule has 0 atom stereocenters. The Morgan fingerprint density at radius 3 is 2.50 bits per heavy atom. The second-order valence-electron chi connectivity index (χ2n) is 3.63. The number of allylic oxidation sites excluding steroid dienone is 1. The van der Waals surface area contributed by atoms with Gasteiger partial charge in [-0.05, 0) is 19.3 Å². The second kappa shape index (κ2) is 5.51. The van der Waals surface area contributed by atoms with Crippen LogP contribution in [0.15, 0.2) is 11.5 Å². The van der Waals surface area contributed by atoms with Gasteiger partial charge in [0.25, 0.3) is 10.1 Å². The molecule has 1 rings (SSSR count). The first-order chi connectivity index (χ1) is 6.64. The van der Waals surface area contributed by atoms with E-state index in [9.17, 15) is 8.42 Å². The standard InChI is InChI=1S/C10H18O3S/c1-2-3-9-14(11,12)13-10-7-5-4-6-8-10/h3,9-10H,2,4-8H2,1H3/b9-3+. The Labute approximate surface area is 86.3 Å². The third kappa shape index (κ3) is 4.24. The van der Waals surface area contributed by atoms with Crippen molar-refractivity contribution in [3.05, 3.63) is 11.5 Å². The summed E-state index contributed by atoms with van der Waals surface area (Å²) in [5.41, 5.74) is 0. The lowest BCUT2D eigenvalue weighted by Gasteiger charge is -2.20. The van der Waals surface area contributed by atoms with Crippen molar-refractivity contribution in [2.24, 2.45) is 0 Å². The molecule has 1 saturated carbocycles. The first-order valence-electron chi connectivity index (χ1n) is 5.24. The summed E-state index contributed by atoms with van der Waals surface area (Å²) >= 11 is 0. The van der Waals surface area contributed by atoms with Gasteiger partial charge in [0, 0.05) is 0 Å². The molecule has 14 heavy (non-hydrogen) atoms. The quantitative estimate of drug-likeness (QED) is 0.681. The van der Waals surface area contributed by atoms with Gasteiger partial charge >= 0.3 is 0 Å². The first-order valence-corrected chi connectivity index (χ1v) is 6.71. The fourth-order valence-electron chi connectivity index (χ4n) is 1.60. The lowest BCUT2D eigenvalue weighted by Crippen LogP contribution is -2.19. The van der Waals surface area contributed by atoms with E-state index in [4.69, 9.17) is 4.18 Å². The molecule has 0 saturated heterocycles. The highest BCUT2D eigenvalue weighted by Crippen LogP contribution is 2.22. The summed E-state index contributed by atoms with van der Waals surface area (Å²) in [6.07, 6.45) is 7.35. The van der Waals surface area contributed by atoms with Crippen molar-refractivity contribution in [1.29, 1.82) is 0 Å². The van der Waals surface area contributed by atoms with Crippen molar-refractivity contribution in [2.45, 2.75) is 51.6 Å². The Bertz CT molecular complexity index is 274. The summed E-state index contributed by atoms with van der Waals surface area (Å²) in [5, 5.41) is 1.17. The predicted molar refractivity (Wildman–Crippen MR) is 56.3 cm³/mol. The van der Waals surface area contributed by atoms with Crippen LogP contribution in [0.3, 0.4) is 0 Å². The van der Waals surface area contributed by atoms with Gasteiger partial charge in [-0.15, -0.1) is 0 Å². The predicted octanol–water partition coefficient (Wildman–Crippen LogP) is 2.59. The van der Waals surface area contributed by atoms with Crippen LogP contribution in [0, 0.1) is 0 Å². The van der Waals surface area contributed by atoms with Crippen LogP contribution in [-0.4, -0.2) is 14.5 Å². The third-order valence-electron chi connectivity index (χ3n) is 2.32. The van der Waals surface area contributed by atoms with Gasteiger partial charge in [0.15, 0.2) is 0 Å². The first kappa shape index (κ1) is 11.7. The highest BCUT2D eigenvalue weighted by molar-refractivity contribution is 7.89. The molecule has 1 aliphatic carbocycles. The van der Waals surface area contributed by atoms with Gasteiger partial charge < -0.3 is 0 Å². The Morgan fingerprint density at radius 2 is 1.93 bits per heavy atom. The molecule has 0 radical (unpaired) electrons.